The molecule has 2 amide bonds. The smallest absolute Gasteiger partial charge is 0.246 e. The second kappa shape index (κ2) is 13.1. The van der Waals surface area contributed by atoms with Crippen molar-refractivity contribution >= 4 is 46.8 Å². The van der Waals surface area contributed by atoms with Gasteiger partial charge in [0.15, 0.2) is 5.82 Å². The van der Waals surface area contributed by atoms with E-state index in [1.54, 1.807) is 24.2 Å². The Hall–Kier alpha value is -4.05. The number of aliphatic imine (C=N–C) groups is 1. The normalized spacial score (nSPS) is 19.5. The maximum atomic E-state index is 15.2. The fraction of sp³-hybridized carbons (Fsp3) is 0.406. The molecule has 1 fully saturated rings. The lowest BCUT2D eigenvalue weighted by Crippen LogP contribution is -2.59. The summed E-state index contributed by atoms with van der Waals surface area (Å²) in [5, 5.41) is 0.168. The van der Waals surface area contributed by atoms with Crippen LogP contribution in [-0.4, -0.2) is 70.1 Å². The average molecular weight is 608 g/mol. The van der Waals surface area contributed by atoms with Gasteiger partial charge in [-0.05, 0) is 69.4 Å². The number of halogens is 2. The third kappa shape index (κ3) is 6.06. The molecular formula is C32H39ClFN7O2. The van der Waals surface area contributed by atoms with E-state index in [0.717, 1.165) is 5.56 Å². The van der Waals surface area contributed by atoms with E-state index in [9.17, 15) is 9.59 Å². The van der Waals surface area contributed by atoms with Crippen molar-refractivity contribution < 1.29 is 14.0 Å². The van der Waals surface area contributed by atoms with Gasteiger partial charge in [0.2, 0.25) is 12.3 Å². The van der Waals surface area contributed by atoms with Gasteiger partial charge in [-0.15, -0.1) is 0 Å². The number of nitrogens with two attached hydrogens (primary N) is 1. The average Bonchev–Trinajstić information content (AvgIpc) is 2.96. The molecule has 2 N–H and O–H groups in total. The zero-order chi connectivity index (χ0) is 31.6. The number of rotatable bonds is 7. The Balaban J connectivity index is 1.99. The van der Waals surface area contributed by atoms with Crippen LogP contribution in [0.4, 0.5) is 15.9 Å². The van der Waals surface area contributed by atoms with Gasteiger partial charge < -0.3 is 15.5 Å². The molecule has 2 aliphatic rings. The molecule has 0 aromatic carbocycles. The number of nitrogens with zero attached hydrogens (tertiary/aromatic N) is 6. The van der Waals surface area contributed by atoms with Crippen LogP contribution < -0.4 is 10.6 Å². The number of carbonyl (C=O) groups is 2. The minimum atomic E-state index is -0.510. The van der Waals surface area contributed by atoms with Crippen LogP contribution in [0.2, 0.25) is 5.02 Å². The summed E-state index contributed by atoms with van der Waals surface area (Å²) in [4.78, 5) is 44.9. The van der Waals surface area contributed by atoms with Gasteiger partial charge >= 0.3 is 0 Å². The van der Waals surface area contributed by atoms with Crippen molar-refractivity contribution in [1.29, 1.82) is 0 Å². The van der Waals surface area contributed by atoms with Crippen LogP contribution in [0.3, 0.4) is 0 Å². The first-order valence-corrected chi connectivity index (χ1v) is 14.7. The zero-order valence-corrected chi connectivity index (χ0v) is 26.3. The quantitative estimate of drug-likeness (QED) is 0.188. The predicted octanol–water partition coefficient (Wildman–Crippen LogP) is 5.66. The Morgan fingerprint density at radius 3 is 2.53 bits per heavy atom. The number of pyridine rings is 2. The molecule has 1 aliphatic carbocycles. The summed E-state index contributed by atoms with van der Waals surface area (Å²) in [6.45, 7) is 14.4. The number of aromatic nitrogens is 2. The fourth-order valence-electron chi connectivity index (χ4n) is 5.94. The maximum absolute atomic E-state index is 15.2. The predicted molar refractivity (Wildman–Crippen MR) is 170 cm³/mol. The molecule has 228 valence electrons. The number of hydrogen-bond donors (Lipinski definition) is 1. The standard InChI is InChI=1S/C32H39ClFN7O2/c1-8-26(43)39-15-20(5)41(21(6)16-39)31(36-7)22-14-23(33)29(27-24(34)10-9-11-25(27)35)38-32(22)40(17-42)30-19(4)12-13-37-28(30)18(2)3/h8,10,12-14,17-18,20-21H,1,9,11,15-16,35H2,2-7H3/b36-31+. The summed E-state index contributed by atoms with van der Waals surface area (Å²) in [5.74, 6) is 0.0828. The Kier molecular flexibility index (Phi) is 9.69. The van der Waals surface area contributed by atoms with E-state index in [4.69, 9.17) is 22.3 Å². The van der Waals surface area contributed by atoms with E-state index in [2.05, 4.69) is 21.5 Å². The maximum Gasteiger partial charge on any atom is 0.246 e. The summed E-state index contributed by atoms with van der Waals surface area (Å²) in [5.41, 5.74) is 9.45. The van der Waals surface area contributed by atoms with Crippen LogP contribution in [0.5, 0.6) is 0 Å². The number of carbonyl (C=O) groups excluding carboxylic acids is 2. The third-order valence-corrected chi connectivity index (χ3v) is 8.16. The molecule has 11 heteroatoms. The molecule has 0 bridgehead atoms. The minimum Gasteiger partial charge on any atom is -0.401 e. The van der Waals surface area contributed by atoms with Crippen molar-refractivity contribution in [1.82, 2.24) is 19.8 Å². The summed E-state index contributed by atoms with van der Waals surface area (Å²) in [6, 6.07) is 3.20. The van der Waals surface area contributed by atoms with Crippen molar-refractivity contribution in [3.63, 3.8) is 0 Å². The van der Waals surface area contributed by atoms with E-state index in [1.165, 1.54) is 17.1 Å². The van der Waals surface area contributed by atoms with Crippen LogP contribution in [0.15, 0.2) is 53.6 Å². The highest BCUT2D eigenvalue weighted by atomic mass is 35.5. The monoisotopic (exact) mass is 607 g/mol. The van der Waals surface area contributed by atoms with Gasteiger partial charge in [-0.3, -0.25) is 24.5 Å². The Morgan fingerprint density at radius 1 is 1.30 bits per heavy atom. The van der Waals surface area contributed by atoms with Gasteiger partial charge in [0, 0.05) is 44.1 Å². The molecule has 0 radical (unpaired) electrons. The number of aryl methyl sites for hydroxylation is 1. The highest BCUT2D eigenvalue weighted by Gasteiger charge is 2.36. The molecule has 4 rings (SSSR count). The van der Waals surface area contributed by atoms with Crippen LogP contribution in [0.25, 0.3) is 5.57 Å². The van der Waals surface area contributed by atoms with E-state index in [-0.39, 0.29) is 46.0 Å². The van der Waals surface area contributed by atoms with Gasteiger partial charge in [-0.2, -0.15) is 0 Å². The van der Waals surface area contributed by atoms with Gasteiger partial charge in [0.05, 0.1) is 33.2 Å². The number of piperazine rings is 1. The molecule has 2 aromatic rings. The van der Waals surface area contributed by atoms with Crippen molar-refractivity contribution in [2.24, 2.45) is 10.7 Å². The van der Waals surface area contributed by atoms with Crippen LogP contribution in [-0.2, 0) is 9.59 Å². The number of allylic oxidation sites excluding steroid dienone is 4. The fourth-order valence-corrected chi connectivity index (χ4v) is 6.19. The Labute approximate surface area is 257 Å². The molecule has 2 unspecified atom stereocenters. The molecular weight excluding hydrogens is 569 g/mol. The van der Waals surface area contributed by atoms with Gasteiger partial charge in [-0.1, -0.05) is 32.0 Å². The molecule has 3 heterocycles. The summed E-state index contributed by atoms with van der Waals surface area (Å²) in [6.07, 6.45) is 6.10. The lowest BCUT2D eigenvalue weighted by molar-refractivity contribution is -0.129. The second-order valence-electron chi connectivity index (χ2n) is 11.3. The zero-order valence-electron chi connectivity index (χ0n) is 25.6. The topological polar surface area (TPSA) is 108 Å². The largest absolute Gasteiger partial charge is 0.401 e. The lowest BCUT2D eigenvalue weighted by Gasteiger charge is -2.46. The summed E-state index contributed by atoms with van der Waals surface area (Å²) in [7, 11) is 1.66. The van der Waals surface area contributed by atoms with E-state index in [0.29, 0.717) is 60.8 Å². The highest BCUT2D eigenvalue weighted by molar-refractivity contribution is 6.33. The number of anilines is 2. The van der Waals surface area contributed by atoms with Crippen LogP contribution >= 0.6 is 11.6 Å². The third-order valence-electron chi connectivity index (χ3n) is 7.87. The molecule has 2 aromatic heterocycles. The molecule has 1 saturated heterocycles. The summed E-state index contributed by atoms with van der Waals surface area (Å²) < 4.78 is 15.2. The highest BCUT2D eigenvalue weighted by Crippen LogP contribution is 2.40. The number of hydrogen-bond acceptors (Lipinski definition) is 6. The number of amides is 2. The number of amidine groups is 1. The van der Waals surface area contributed by atoms with Crippen molar-refractivity contribution in [2.75, 3.05) is 25.0 Å². The lowest BCUT2D eigenvalue weighted by atomic mass is 9.97. The Bertz CT molecular complexity index is 1520. The first-order valence-electron chi connectivity index (χ1n) is 14.4. The van der Waals surface area contributed by atoms with E-state index >= 15 is 4.39 Å². The molecule has 1 aliphatic heterocycles. The van der Waals surface area contributed by atoms with Crippen LogP contribution in [0, 0.1) is 6.92 Å². The van der Waals surface area contributed by atoms with E-state index in [1.807, 2.05) is 40.7 Å². The molecule has 0 spiro atoms. The second-order valence-corrected chi connectivity index (χ2v) is 11.7. The van der Waals surface area contributed by atoms with Gasteiger partial charge in [0.25, 0.3) is 0 Å². The van der Waals surface area contributed by atoms with Gasteiger partial charge in [-0.25, -0.2) is 9.37 Å². The summed E-state index contributed by atoms with van der Waals surface area (Å²) >= 11 is 6.87. The first kappa shape index (κ1) is 31.9. The van der Waals surface area contributed by atoms with Gasteiger partial charge in [0.1, 0.15) is 11.7 Å². The van der Waals surface area contributed by atoms with E-state index < -0.39 is 5.83 Å². The van der Waals surface area contributed by atoms with Crippen molar-refractivity contribution in [3.8, 4) is 0 Å². The first-order chi connectivity index (χ1) is 20.4. The van der Waals surface area contributed by atoms with Crippen molar-refractivity contribution in [2.45, 2.75) is 65.5 Å². The molecule has 0 saturated carbocycles. The molecule has 2 atom stereocenters. The van der Waals surface area contributed by atoms with Crippen molar-refractivity contribution in [3.05, 3.63) is 76.1 Å². The SMILES string of the molecule is C=CC(=O)N1CC(C)N(/C(=N/C)c2cc(Cl)c(C3=C(N)CCC=C3F)nc2N(C=O)c2c(C)ccnc2C(C)C)C(C)C1. The Morgan fingerprint density at radius 2 is 1.98 bits per heavy atom. The minimum absolute atomic E-state index is 0.0144. The molecule has 9 nitrogen and oxygen atoms in total. The van der Waals surface area contributed by atoms with Crippen LogP contribution in [0.1, 0.15) is 69.0 Å². The molecule has 43 heavy (non-hydrogen) atoms.